The number of H-pyrrole nitrogens is 1. The molecule has 94 valence electrons. The highest BCUT2D eigenvalue weighted by Crippen LogP contribution is 2.12. The van der Waals surface area contributed by atoms with Crippen molar-refractivity contribution in [1.29, 1.82) is 0 Å². The summed E-state index contributed by atoms with van der Waals surface area (Å²) in [5.41, 5.74) is 0.136. The van der Waals surface area contributed by atoms with Gasteiger partial charge in [-0.3, -0.25) is 9.89 Å². The summed E-state index contributed by atoms with van der Waals surface area (Å²) in [6, 6.07) is 1.12. The molecule has 0 aliphatic carbocycles. The number of halogens is 1. The second-order valence-corrected chi connectivity index (χ2v) is 3.41. The van der Waals surface area contributed by atoms with Gasteiger partial charge in [-0.15, -0.1) is 0 Å². The van der Waals surface area contributed by atoms with Crippen molar-refractivity contribution in [2.45, 2.75) is 6.54 Å². The second kappa shape index (κ2) is 5.21. The molecular weight excluding hydrogens is 239 g/mol. The van der Waals surface area contributed by atoms with E-state index >= 15 is 0 Å². The van der Waals surface area contributed by atoms with Gasteiger partial charge < -0.3 is 10.6 Å². The van der Waals surface area contributed by atoms with Crippen LogP contribution in [-0.2, 0) is 6.54 Å². The van der Waals surface area contributed by atoms with Crippen LogP contribution in [0.2, 0.25) is 0 Å². The number of nitrogens with zero attached hydrogens (tertiary/aromatic N) is 3. The number of aromatic amines is 1. The largest absolute Gasteiger partial charge is 0.372 e. The third-order valence-corrected chi connectivity index (χ3v) is 2.22. The van der Waals surface area contributed by atoms with Crippen LogP contribution in [0.5, 0.6) is 0 Å². The Morgan fingerprint density at radius 2 is 2.33 bits per heavy atom. The molecule has 0 spiro atoms. The lowest BCUT2D eigenvalue weighted by Crippen LogP contribution is -2.24. The maximum absolute atomic E-state index is 13.1. The molecule has 0 aliphatic heterocycles. The second-order valence-electron chi connectivity index (χ2n) is 3.41. The number of nitrogens with one attached hydrogen (secondary N) is 3. The van der Waals surface area contributed by atoms with Gasteiger partial charge in [0.15, 0.2) is 0 Å². The first-order chi connectivity index (χ1) is 8.70. The molecule has 2 aromatic heterocycles. The number of amides is 1. The fraction of sp³-hybridized carbons (Fsp3) is 0.200. The third-order valence-electron chi connectivity index (χ3n) is 2.22. The molecule has 3 N–H and O–H groups in total. The number of anilines is 1. The Labute approximate surface area is 102 Å². The van der Waals surface area contributed by atoms with E-state index in [4.69, 9.17) is 0 Å². The van der Waals surface area contributed by atoms with Gasteiger partial charge >= 0.3 is 0 Å². The summed E-state index contributed by atoms with van der Waals surface area (Å²) in [5, 5.41) is 11.6. The van der Waals surface area contributed by atoms with Crippen LogP contribution in [0.4, 0.5) is 10.2 Å². The molecule has 8 heteroatoms. The van der Waals surface area contributed by atoms with E-state index in [1.807, 2.05) is 0 Å². The van der Waals surface area contributed by atoms with Gasteiger partial charge in [-0.1, -0.05) is 0 Å². The molecule has 0 atom stereocenters. The highest BCUT2D eigenvalue weighted by Gasteiger charge is 2.13. The highest BCUT2D eigenvalue weighted by molar-refractivity contribution is 5.98. The first-order valence-corrected chi connectivity index (χ1v) is 5.16. The van der Waals surface area contributed by atoms with Crippen molar-refractivity contribution in [3.05, 3.63) is 35.8 Å². The van der Waals surface area contributed by atoms with Crippen molar-refractivity contribution in [3.8, 4) is 0 Å². The quantitative estimate of drug-likeness (QED) is 0.725. The average molecular weight is 250 g/mol. The topological polar surface area (TPSA) is 95.6 Å². The minimum Gasteiger partial charge on any atom is -0.372 e. The van der Waals surface area contributed by atoms with Crippen molar-refractivity contribution in [2.24, 2.45) is 0 Å². The Bertz CT molecular complexity index is 541. The van der Waals surface area contributed by atoms with Crippen molar-refractivity contribution in [2.75, 3.05) is 12.4 Å². The van der Waals surface area contributed by atoms with Crippen LogP contribution in [0.1, 0.15) is 16.2 Å². The Morgan fingerprint density at radius 1 is 1.50 bits per heavy atom. The van der Waals surface area contributed by atoms with E-state index in [9.17, 15) is 9.18 Å². The predicted molar refractivity (Wildman–Crippen MR) is 61.3 cm³/mol. The Kier molecular flexibility index (Phi) is 3.46. The van der Waals surface area contributed by atoms with Crippen molar-refractivity contribution < 1.29 is 9.18 Å². The normalized spacial score (nSPS) is 10.1. The summed E-state index contributed by atoms with van der Waals surface area (Å²) >= 11 is 0. The molecular formula is C10H11FN6O. The standard InChI is InChI=1S/C10H11FN6O/c1-12-9-7(2-6(11)3-13-9)10(18)14-4-8-15-5-16-17-8/h2-3,5H,4H2,1H3,(H,12,13)(H,14,18)(H,15,16,17). The molecule has 2 rings (SSSR count). The first-order valence-electron chi connectivity index (χ1n) is 5.16. The zero-order valence-corrected chi connectivity index (χ0v) is 9.57. The average Bonchev–Trinajstić information content (AvgIpc) is 2.89. The van der Waals surface area contributed by atoms with Gasteiger partial charge in [0.25, 0.3) is 5.91 Å². The highest BCUT2D eigenvalue weighted by atomic mass is 19.1. The van der Waals surface area contributed by atoms with Gasteiger partial charge in [-0.05, 0) is 6.07 Å². The molecule has 2 aromatic rings. The maximum atomic E-state index is 13.1. The van der Waals surface area contributed by atoms with Gasteiger partial charge in [0, 0.05) is 7.05 Å². The summed E-state index contributed by atoms with van der Waals surface area (Å²) < 4.78 is 13.1. The minimum atomic E-state index is -0.571. The van der Waals surface area contributed by atoms with E-state index in [-0.39, 0.29) is 12.1 Å². The molecule has 2 heterocycles. The lowest BCUT2D eigenvalue weighted by atomic mass is 10.2. The van der Waals surface area contributed by atoms with Crippen LogP contribution in [0, 0.1) is 5.82 Å². The zero-order valence-electron chi connectivity index (χ0n) is 9.57. The fourth-order valence-corrected chi connectivity index (χ4v) is 1.39. The summed E-state index contributed by atoms with van der Waals surface area (Å²) in [6.07, 6.45) is 2.38. The maximum Gasteiger partial charge on any atom is 0.255 e. The van der Waals surface area contributed by atoms with Crippen molar-refractivity contribution >= 4 is 11.7 Å². The minimum absolute atomic E-state index is 0.136. The molecule has 0 bridgehead atoms. The van der Waals surface area contributed by atoms with Gasteiger partial charge in [-0.25, -0.2) is 14.4 Å². The van der Waals surface area contributed by atoms with E-state index in [1.165, 1.54) is 6.33 Å². The summed E-state index contributed by atoms with van der Waals surface area (Å²) in [4.78, 5) is 19.5. The summed E-state index contributed by atoms with van der Waals surface area (Å²) in [5.74, 6) is -0.188. The molecule has 0 radical (unpaired) electrons. The summed E-state index contributed by atoms with van der Waals surface area (Å²) in [7, 11) is 1.60. The molecule has 0 aliphatic rings. The van der Waals surface area contributed by atoms with E-state index in [0.29, 0.717) is 11.6 Å². The van der Waals surface area contributed by atoms with E-state index in [1.54, 1.807) is 7.05 Å². The Hall–Kier alpha value is -2.51. The van der Waals surface area contributed by atoms with Gasteiger partial charge in [0.1, 0.15) is 23.8 Å². The predicted octanol–water partition coefficient (Wildman–Crippen LogP) is 0.310. The number of aromatic nitrogens is 4. The Balaban J connectivity index is 2.10. The molecule has 0 unspecified atom stereocenters. The summed E-state index contributed by atoms with van der Waals surface area (Å²) in [6.45, 7) is 0.179. The zero-order chi connectivity index (χ0) is 13.0. The SMILES string of the molecule is CNc1ncc(F)cc1C(=O)NCc1ncn[nH]1. The lowest BCUT2D eigenvalue weighted by Gasteiger charge is -2.07. The Morgan fingerprint density at radius 3 is 3.00 bits per heavy atom. The molecule has 0 saturated carbocycles. The first kappa shape index (κ1) is 12.0. The van der Waals surface area contributed by atoms with Crippen LogP contribution in [0.25, 0.3) is 0 Å². The van der Waals surface area contributed by atoms with E-state index < -0.39 is 11.7 Å². The number of hydrogen-bond donors (Lipinski definition) is 3. The fourth-order valence-electron chi connectivity index (χ4n) is 1.39. The molecule has 0 aromatic carbocycles. The van der Waals surface area contributed by atoms with E-state index in [0.717, 1.165) is 12.3 Å². The van der Waals surface area contributed by atoms with Crippen LogP contribution in [-0.4, -0.2) is 33.1 Å². The van der Waals surface area contributed by atoms with E-state index in [2.05, 4.69) is 30.8 Å². The van der Waals surface area contributed by atoms with Crippen LogP contribution < -0.4 is 10.6 Å². The molecule has 7 nitrogen and oxygen atoms in total. The van der Waals surface area contributed by atoms with Crippen LogP contribution in [0.15, 0.2) is 18.6 Å². The third kappa shape index (κ3) is 2.59. The van der Waals surface area contributed by atoms with Crippen LogP contribution >= 0.6 is 0 Å². The molecule has 0 fully saturated rings. The van der Waals surface area contributed by atoms with Gasteiger partial charge in [0.05, 0.1) is 18.3 Å². The smallest absolute Gasteiger partial charge is 0.255 e. The molecule has 1 amide bonds. The molecule has 18 heavy (non-hydrogen) atoms. The number of carbonyl (C=O) groups is 1. The number of hydrogen-bond acceptors (Lipinski definition) is 5. The molecule has 0 saturated heterocycles. The van der Waals surface area contributed by atoms with Gasteiger partial charge in [0.2, 0.25) is 0 Å². The monoisotopic (exact) mass is 250 g/mol. The lowest BCUT2D eigenvalue weighted by molar-refractivity contribution is 0.0950. The van der Waals surface area contributed by atoms with Crippen molar-refractivity contribution in [3.63, 3.8) is 0 Å². The van der Waals surface area contributed by atoms with Crippen molar-refractivity contribution in [1.82, 2.24) is 25.5 Å². The number of carbonyl (C=O) groups excluding carboxylic acids is 1. The van der Waals surface area contributed by atoms with Gasteiger partial charge in [-0.2, -0.15) is 5.10 Å². The number of rotatable bonds is 4. The van der Waals surface area contributed by atoms with Crippen LogP contribution in [0.3, 0.4) is 0 Å². The number of pyridine rings is 1.